The molecular weight excluding hydrogens is 292 g/mol. The lowest BCUT2D eigenvalue weighted by molar-refractivity contribution is 0.0142. The molecule has 2 unspecified atom stereocenters. The molecule has 0 saturated carbocycles. The number of H-pyrrole nitrogens is 1. The smallest absolute Gasteiger partial charge is 0.253 e. The number of azide groups is 1. The number of halogens is 1. The molecular formula is C9H11BrN4O3. The van der Waals surface area contributed by atoms with Crippen molar-refractivity contribution in [2.45, 2.75) is 18.6 Å². The number of aliphatic hydroxyl groups is 2. The van der Waals surface area contributed by atoms with Gasteiger partial charge in [0.25, 0.3) is 5.56 Å². The first-order valence-electron chi connectivity index (χ1n) is 4.81. The van der Waals surface area contributed by atoms with Crippen molar-refractivity contribution in [2.75, 3.05) is 6.54 Å². The molecule has 1 rings (SSSR count). The van der Waals surface area contributed by atoms with Crippen molar-refractivity contribution < 1.29 is 10.2 Å². The molecule has 1 aromatic heterocycles. The van der Waals surface area contributed by atoms with E-state index < -0.39 is 17.8 Å². The van der Waals surface area contributed by atoms with Crippen molar-refractivity contribution in [2.24, 2.45) is 5.11 Å². The molecule has 0 saturated heterocycles. The van der Waals surface area contributed by atoms with E-state index in [0.717, 1.165) is 0 Å². The van der Waals surface area contributed by atoms with Crippen molar-refractivity contribution in [3.63, 3.8) is 0 Å². The zero-order chi connectivity index (χ0) is 12.8. The summed E-state index contributed by atoms with van der Waals surface area (Å²) in [6.45, 7) is 0.0562. The summed E-state index contributed by atoms with van der Waals surface area (Å²) >= 11 is 3.15. The predicted molar refractivity (Wildman–Crippen MR) is 64.4 cm³/mol. The Morgan fingerprint density at radius 1 is 1.59 bits per heavy atom. The van der Waals surface area contributed by atoms with Crippen LogP contribution in [-0.2, 0) is 0 Å². The zero-order valence-corrected chi connectivity index (χ0v) is 10.3. The standard InChI is InChI=1S/C9H11BrN4O3/c10-5-3-6(9(17)12-4-5)8(16)7(15)1-2-13-14-11/h3-4,7-8,15-16H,1-2H2,(H,12,17). The lowest BCUT2D eigenvalue weighted by atomic mass is 10.0. The molecule has 1 heterocycles. The average Bonchev–Trinajstić information content (AvgIpc) is 2.31. The highest BCUT2D eigenvalue weighted by atomic mass is 79.9. The van der Waals surface area contributed by atoms with Crippen LogP contribution >= 0.6 is 15.9 Å². The maximum absolute atomic E-state index is 11.4. The number of hydrogen-bond acceptors (Lipinski definition) is 4. The Hall–Kier alpha value is -1.34. The summed E-state index contributed by atoms with van der Waals surface area (Å²) in [5.41, 5.74) is 7.66. The summed E-state index contributed by atoms with van der Waals surface area (Å²) < 4.78 is 0.591. The molecule has 0 aliphatic carbocycles. The minimum absolute atomic E-state index is 0.0562. The normalized spacial score (nSPS) is 13.8. The fraction of sp³-hybridized carbons (Fsp3) is 0.444. The predicted octanol–water partition coefficient (Wildman–Crippen LogP) is 1.23. The average molecular weight is 303 g/mol. The maximum atomic E-state index is 11.4. The molecule has 3 N–H and O–H groups in total. The van der Waals surface area contributed by atoms with Gasteiger partial charge in [0, 0.05) is 27.7 Å². The second-order valence-corrected chi connectivity index (χ2v) is 4.27. The Balaban J connectivity index is 2.80. The molecule has 0 bridgehead atoms. The first-order valence-corrected chi connectivity index (χ1v) is 5.60. The zero-order valence-electron chi connectivity index (χ0n) is 8.75. The fourth-order valence-corrected chi connectivity index (χ4v) is 1.65. The topological polar surface area (TPSA) is 122 Å². The van der Waals surface area contributed by atoms with Gasteiger partial charge in [0.05, 0.1) is 6.10 Å². The Morgan fingerprint density at radius 3 is 2.94 bits per heavy atom. The summed E-state index contributed by atoms with van der Waals surface area (Å²) in [4.78, 5) is 16.4. The van der Waals surface area contributed by atoms with Gasteiger partial charge >= 0.3 is 0 Å². The van der Waals surface area contributed by atoms with Gasteiger partial charge in [-0.25, -0.2) is 0 Å². The number of nitrogens with zero attached hydrogens (tertiary/aromatic N) is 3. The highest BCUT2D eigenvalue weighted by molar-refractivity contribution is 9.10. The van der Waals surface area contributed by atoms with Gasteiger partial charge in [-0.1, -0.05) is 5.11 Å². The van der Waals surface area contributed by atoms with E-state index in [1.54, 1.807) is 0 Å². The Bertz CT molecular complexity index is 483. The van der Waals surface area contributed by atoms with Gasteiger partial charge in [0.2, 0.25) is 0 Å². The van der Waals surface area contributed by atoms with Gasteiger partial charge in [0.15, 0.2) is 0 Å². The SMILES string of the molecule is [N-]=[N+]=NCCC(O)C(O)c1cc(Br)c[nH]c1=O. The highest BCUT2D eigenvalue weighted by Crippen LogP contribution is 2.18. The fourth-order valence-electron chi connectivity index (χ4n) is 1.29. The van der Waals surface area contributed by atoms with E-state index in [9.17, 15) is 15.0 Å². The highest BCUT2D eigenvalue weighted by Gasteiger charge is 2.20. The lowest BCUT2D eigenvalue weighted by Crippen LogP contribution is -2.25. The van der Waals surface area contributed by atoms with Gasteiger partial charge in [0.1, 0.15) is 6.10 Å². The molecule has 1 aromatic rings. The minimum Gasteiger partial charge on any atom is -0.390 e. The summed E-state index contributed by atoms with van der Waals surface area (Å²) in [7, 11) is 0. The molecule has 17 heavy (non-hydrogen) atoms. The summed E-state index contributed by atoms with van der Waals surface area (Å²) in [5.74, 6) is 0. The van der Waals surface area contributed by atoms with Crippen molar-refractivity contribution in [1.82, 2.24) is 4.98 Å². The summed E-state index contributed by atoms with van der Waals surface area (Å²) in [5, 5.41) is 22.6. The van der Waals surface area contributed by atoms with E-state index in [1.807, 2.05) is 0 Å². The van der Waals surface area contributed by atoms with Crippen molar-refractivity contribution in [3.8, 4) is 0 Å². The van der Waals surface area contributed by atoms with E-state index in [0.29, 0.717) is 4.47 Å². The summed E-state index contributed by atoms with van der Waals surface area (Å²) in [6, 6.07) is 1.43. The van der Waals surface area contributed by atoms with Crippen LogP contribution in [0.15, 0.2) is 26.6 Å². The third-order valence-corrected chi connectivity index (χ3v) is 2.63. The van der Waals surface area contributed by atoms with Crippen molar-refractivity contribution in [3.05, 3.63) is 43.1 Å². The molecule has 0 spiro atoms. The third-order valence-electron chi connectivity index (χ3n) is 2.17. The number of aliphatic hydroxyl groups excluding tert-OH is 2. The maximum Gasteiger partial charge on any atom is 0.253 e. The van der Waals surface area contributed by atoms with Crippen LogP contribution in [0.1, 0.15) is 18.1 Å². The number of aromatic nitrogens is 1. The van der Waals surface area contributed by atoms with Crippen LogP contribution in [0, 0.1) is 0 Å². The Labute approximate surface area is 105 Å². The molecule has 0 fully saturated rings. The van der Waals surface area contributed by atoms with Gasteiger partial charge in [-0.3, -0.25) is 4.79 Å². The quantitative estimate of drug-likeness (QED) is 0.430. The number of pyridine rings is 1. The van der Waals surface area contributed by atoms with Crippen LogP contribution in [0.5, 0.6) is 0 Å². The lowest BCUT2D eigenvalue weighted by Gasteiger charge is -2.16. The van der Waals surface area contributed by atoms with Crippen LogP contribution in [0.4, 0.5) is 0 Å². The van der Waals surface area contributed by atoms with Gasteiger partial charge in [-0.2, -0.15) is 0 Å². The van der Waals surface area contributed by atoms with Crippen LogP contribution in [-0.4, -0.2) is 27.8 Å². The summed E-state index contributed by atoms with van der Waals surface area (Å²) in [6.07, 6.45) is -0.955. The van der Waals surface area contributed by atoms with Gasteiger partial charge < -0.3 is 15.2 Å². The first kappa shape index (κ1) is 13.7. The molecule has 0 aromatic carbocycles. The van der Waals surface area contributed by atoms with Gasteiger partial charge in [-0.15, -0.1) is 0 Å². The number of hydrogen-bond donors (Lipinski definition) is 3. The molecule has 2 atom stereocenters. The second-order valence-electron chi connectivity index (χ2n) is 3.36. The molecule has 0 amide bonds. The van der Waals surface area contributed by atoms with Crippen molar-refractivity contribution >= 4 is 15.9 Å². The third kappa shape index (κ3) is 3.86. The molecule has 92 valence electrons. The first-order chi connectivity index (χ1) is 8.06. The minimum atomic E-state index is -1.31. The van der Waals surface area contributed by atoms with E-state index in [1.165, 1.54) is 12.3 Å². The second kappa shape index (κ2) is 6.41. The number of aromatic amines is 1. The number of rotatable bonds is 5. The van der Waals surface area contributed by atoms with Crippen LogP contribution < -0.4 is 5.56 Å². The van der Waals surface area contributed by atoms with E-state index >= 15 is 0 Å². The monoisotopic (exact) mass is 302 g/mol. The largest absolute Gasteiger partial charge is 0.390 e. The van der Waals surface area contributed by atoms with Crippen LogP contribution in [0.2, 0.25) is 0 Å². The van der Waals surface area contributed by atoms with Crippen LogP contribution in [0.25, 0.3) is 10.4 Å². The van der Waals surface area contributed by atoms with E-state index in [-0.39, 0.29) is 18.5 Å². The Morgan fingerprint density at radius 2 is 2.29 bits per heavy atom. The van der Waals surface area contributed by atoms with Crippen LogP contribution in [0.3, 0.4) is 0 Å². The van der Waals surface area contributed by atoms with E-state index in [2.05, 4.69) is 30.9 Å². The van der Waals surface area contributed by atoms with Crippen molar-refractivity contribution in [1.29, 1.82) is 0 Å². The molecule has 0 aliphatic heterocycles. The van der Waals surface area contributed by atoms with Gasteiger partial charge in [-0.05, 0) is 33.9 Å². The molecule has 0 aliphatic rings. The molecule has 7 nitrogen and oxygen atoms in total. The molecule has 0 radical (unpaired) electrons. The molecule has 8 heteroatoms. The number of nitrogens with one attached hydrogen (secondary N) is 1. The van der Waals surface area contributed by atoms with E-state index in [4.69, 9.17) is 5.53 Å². The Kier molecular flexibility index (Phi) is 5.17.